The zero-order chi connectivity index (χ0) is 14.7. The Hall–Kier alpha value is -2.14. The number of ether oxygens (including phenoxy) is 1. The number of nitrogens with two attached hydrogens (primary N) is 1. The van der Waals surface area contributed by atoms with E-state index < -0.39 is 17.6 Å². The maximum atomic E-state index is 13.0. The molecule has 2 N–H and O–H groups in total. The minimum atomic E-state index is -0.669. The van der Waals surface area contributed by atoms with Gasteiger partial charge in [0.2, 0.25) is 0 Å². The van der Waals surface area contributed by atoms with Crippen molar-refractivity contribution in [3.63, 3.8) is 0 Å². The molecule has 3 nitrogen and oxygen atoms in total. The number of nitrogen functional groups attached to an aromatic ring is 1. The Morgan fingerprint density at radius 3 is 2.60 bits per heavy atom. The summed E-state index contributed by atoms with van der Waals surface area (Å²) in [6, 6.07) is 7.29. The van der Waals surface area contributed by atoms with Crippen molar-refractivity contribution >= 4 is 23.3 Å². The highest BCUT2D eigenvalue weighted by atomic mass is 35.5. The molecule has 0 bridgehead atoms. The molecule has 0 saturated heterocycles. The first-order valence-corrected chi connectivity index (χ1v) is 6.01. The van der Waals surface area contributed by atoms with Gasteiger partial charge in [0.05, 0.1) is 16.3 Å². The largest absolute Gasteiger partial charge is 0.457 e. The predicted octanol–water partition coefficient (Wildman–Crippen LogP) is 3.56. The first-order chi connectivity index (χ1) is 9.47. The summed E-state index contributed by atoms with van der Waals surface area (Å²) in [5.41, 5.74) is 5.82. The molecule has 0 radical (unpaired) electrons. The van der Waals surface area contributed by atoms with Gasteiger partial charge in [-0.05, 0) is 30.3 Å². The van der Waals surface area contributed by atoms with Gasteiger partial charge in [-0.1, -0.05) is 17.7 Å². The van der Waals surface area contributed by atoms with Crippen molar-refractivity contribution in [3.05, 3.63) is 64.2 Å². The molecule has 0 amide bonds. The number of hydrogen-bond donors (Lipinski definition) is 1. The van der Waals surface area contributed by atoms with Crippen LogP contribution in [0.25, 0.3) is 0 Å². The summed E-state index contributed by atoms with van der Waals surface area (Å²) in [5.74, 6) is -1.75. The standard InChI is InChI=1S/C14H10ClF2NO2/c15-11-6-10(16)3-1-9(11)7-20-14(19)8-2-4-12(17)13(18)5-8/h1-6H,7,18H2. The van der Waals surface area contributed by atoms with E-state index in [2.05, 4.69) is 0 Å². The highest BCUT2D eigenvalue weighted by Gasteiger charge is 2.11. The molecule has 0 unspecified atom stereocenters. The third kappa shape index (κ3) is 3.24. The summed E-state index contributed by atoms with van der Waals surface area (Å²) < 4.78 is 30.8. The molecule has 0 fully saturated rings. The number of hydrogen-bond acceptors (Lipinski definition) is 3. The fourth-order valence-corrected chi connectivity index (χ4v) is 1.76. The summed E-state index contributed by atoms with van der Waals surface area (Å²) in [6.45, 7) is -0.116. The van der Waals surface area contributed by atoms with Crippen LogP contribution in [0.4, 0.5) is 14.5 Å². The molecular weight excluding hydrogens is 288 g/mol. The minimum Gasteiger partial charge on any atom is -0.457 e. The zero-order valence-corrected chi connectivity index (χ0v) is 11.0. The molecule has 2 aromatic carbocycles. The molecule has 20 heavy (non-hydrogen) atoms. The van der Waals surface area contributed by atoms with Crippen LogP contribution in [0.5, 0.6) is 0 Å². The molecule has 0 spiro atoms. The molecule has 0 aliphatic heterocycles. The van der Waals surface area contributed by atoms with Gasteiger partial charge >= 0.3 is 5.97 Å². The van der Waals surface area contributed by atoms with Crippen LogP contribution in [0.15, 0.2) is 36.4 Å². The van der Waals surface area contributed by atoms with Crippen molar-refractivity contribution in [2.24, 2.45) is 0 Å². The van der Waals surface area contributed by atoms with Crippen LogP contribution in [-0.2, 0) is 11.3 Å². The van der Waals surface area contributed by atoms with Gasteiger partial charge in [-0.25, -0.2) is 13.6 Å². The average molecular weight is 298 g/mol. The number of anilines is 1. The lowest BCUT2D eigenvalue weighted by Gasteiger charge is -2.07. The maximum absolute atomic E-state index is 13.0. The van der Waals surface area contributed by atoms with Gasteiger partial charge in [-0.2, -0.15) is 0 Å². The van der Waals surface area contributed by atoms with Gasteiger partial charge in [0.15, 0.2) is 0 Å². The normalized spacial score (nSPS) is 10.3. The van der Waals surface area contributed by atoms with E-state index in [4.69, 9.17) is 22.1 Å². The molecule has 0 aliphatic carbocycles. The van der Waals surface area contributed by atoms with Crippen LogP contribution in [0.2, 0.25) is 5.02 Å². The van der Waals surface area contributed by atoms with Crippen molar-refractivity contribution in [2.75, 3.05) is 5.73 Å². The van der Waals surface area contributed by atoms with Crippen LogP contribution in [0.1, 0.15) is 15.9 Å². The molecule has 0 atom stereocenters. The van der Waals surface area contributed by atoms with E-state index in [1.165, 1.54) is 24.3 Å². The highest BCUT2D eigenvalue weighted by Crippen LogP contribution is 2.19. The Kier molecular flexibility index (Phi) is 4.20. The lowest BCUT2D eigenvalue weighted by molar-refractivity contribution is 0.0473. The molecule has 0 saturated carbocycles. The maximum Gasteiger partial charge on any atom is 0.338 e. The molecule has 0 heterocycles. The summed E-state index contributed by atoms with van der Waals surface area (Å²) in [6.07, 6.45) is 0. The predicted molar refractivity (Wildman–Crippen MR) is 71.3 cm³/mol. The average Bonchev–Trinajstić information content (AvgIpc) is 2.40. The summed E-state index contributed by atoms with van der Waals surface area (Å²) in [5, 5.41) is 0.163. The fraction of sp³-hybridized carbons (Fsp3) is 0.0714. The molecule has 6 heteroatoms. The second-order valence-electron chi connectivity index (χ2n) is 4.05. The third-order valence-corrected chi connectivity index (χ3v) is 2.96. The SMILES string of the molecule is Nc1cc(C(=O)OCc2ccc(F)cc2Cl)ccc1F. The van der Waals surface area contributed by atoms with Gasteiger partial charge in [-0.15, -0.1) is 0 Å². The Labute approximate surface area is 118 Å². The molecule has 0 aliphatic rings. The monoisotopic (exact) mass is 297 g/mol. The van der Waals surface area contributed by atoms with Crippen LogP contribution in [0, 0.1) is 11.6 Å². The van der Waals surface area contributed by atoms with Crippen molar-refractivity contribution < 1.29 is 18.3 Å². The van der Waals surface area contributed by atoms with Gasteiger partial charge in [0.25, 0.3) is 0 Å². The second-order valence-corrected chi connectivity index (χ2v) is 4.46. The number of rotatable bonds is 3. The van der Waals surface area contributed by atoms with Crippen LogP contribution in [-0.4, -0.2) is 5.97 Å². The van der Waals surface area contributed by atoms with Crippen molar-refractivity contribution in [2.45, 2.75) is 6.61 Å². The number of carbonyl (C=O) groups excluding carboxylic acids is 1. The Morgan fingerprint density at radius 2 is 1.95 bits per heavy atom. The van der Waals surface area contributed by atoms with Crippen molar-refractivity contribution in [1.82, 2.24) is 0 Å². The number of halogens is 3. The van der Waals surface area contributed by atoms with E-state index in [-0.39, 0.29) is 22.9 Å². The first-order valence-electron chi connectivity index (χ1n) is 5.63. The Balaban J connectivity index is 2.06. The van der Waals surface area contributed by atoms with E-state index >= 15 is 0 Å². The van der Waals surface area contributed by atoms with E-state index in [9.17, 15) is 13.6 Å². The lowest BCUT2D eigenvalue weighted by atomic mass is 10.2. The lowest BCUT2D eigenvalue weighted by Crippen LogP contribution is -2.06. The smallest absolute Gasteiger partial charge is 0.338 e. The Bertz CT molecular complexity index is 662. The number of carbonyl (C=O) groups is 1. The van der Waals surface area contributed by atoms with E-state index in [1.54, 1.807) is 0 Å². The molecule has 104 valence electrons. The van der Waals surface area contributed by atoms with Crippen LogP contribution >= 0.6 is 11.6 Å². The second kappa shape index (κ2) is 5.88. The minimum absolute atomic E-state index is 0.116. The van der Waals surface area contributed by atoms with E-state index in [0.29, 0.717) is 5.56 Å². The van der Waals surface area contributed by atoms with Crippen LogP contribution < -0.4 is 5.73 Å². The molecular formula is C14H10ClF2NO2. The summed E-state index contributed by atoms with van der Waals surface area (Å²) in [7, 11) is 0. The van der Waals surface area contributed by atoms with Gasteiger partial charge in [0, 0.05) is 5.56 Å². The van der Waals surface area contributed by atoms with Gasteiger partial charge in [-0.3, -0.25) is 0 Å². The topological polar surface area (TPSA) is 52.3 Å². The highest BCUT2D eigenvalue weighted by molar-refractivity contribution is 6.31. The number of esters is 1. The first kappa shape index (κ1) is 14.3. The van der Waals surface area contributed by atoms with Crippen molar-refractivity contribution in [1.29, 1.82) is 0 Å². The molecule has 0 aromatic heterocycles. The molecule has 2 rings (SSSR count). The molecule has 2 aromatic rings. The summed E-state index contributed by atoms with van der Waals surface area (Å²) in [4.78, 5) is 11.7. The van der Waals surface area contributed by atoms with E-state index in [0.717, 1.165) is 12.1 Å². The number of benzene rings is 2. The van der Waals surface area contributed by atoms with E-state index in [1.807, 2.05) is 0 Å². The zero-order valence-electron chi connectivity index (χ0n) is 10.2. The summed E-state index contributed by atoms with van der Waals surface area (Å²) >= 11 is 5.80. The fourth-order valence-electron chi connectivity index (χ4n) is 1.54. The third-order valence-electron chi connectivity index (χ3n) is 2.61. The van der Waals surface area contributed by atoms with Gasteiger partial charge in [0.1, 0.15) is 18.2 Å². The quantitative estimate of drug-likeness (QED) is 0.696. The van der Waals surface area contributed by atoms with Crippen molar-refractivity contribution in [3.8, 4) is 0 Å². The Morgan fingerprint density at radius 1 is 1.20 bits per heavy atom. The van der Waals surface area contributed by atoms with Gasteiger partial charge < -0.3 is 10.5 Å². The van der Waals surface area contributed by atoms with Crippen LogP contribution in [0.3, 0.4) is 0 Å².